The zero-order valence-corrected chi connectivity index (χ0v) is 16.0. The van der Waals surface area contributed by atoms with E-state index >= 15 is 0 Å². The Kier molecular flexibility index (Phi) is 5.60. The first-order valence-electron chi connectivity index (χ1n) is 10.0. The molecule has 0 radical (unpaired) electrons. The molecule has 2 aliphatic rings. The van der Waals surface area contributed by atoms with E-state index in [1.165, 1.54) is 25.5 Å². The zero-order valence-electron chi connectivity index (χ0n) is 16.0. The van der Waals surface area contributed by atoms with Crippen LogP contribution in [0.15, 0.2) is 41.3 Å². The summed E-state index contributed by atoms with van der Waals surface area (Å²) in [4.78, 5) is 33.2. The molecule has 3 heterocycles. The molecule has 1 aliphatic heterocycles. The summed E-state index contributed by atoms with van der Waals surface area (Å²) in [5.74, 6) is 0.243. The molecule has 2 aromatic rings. The van der Waals surface area contributed by atoms with Gasteiger partial charge in [-0.2, -0.15) is 0 Å². The molecule has 148 valence electrons. The molecule has 2 fully saturated rings. The van der Waals surface area contributed by atoms with Gasteiger partial charge < -0.3 is 19.5 Å². The minimum absolute atomic E-state index is 0.0483. The lowest BCUT2D eigenvalue weighted by molar-refractivity contribution is 0.0714. The highest BCUT2D eigenvalue weighted by Crippen LogP contribution is 2.20. The summed E-state index contributed by atoms with van der Waals surface area (Å²) in [5.41, 5.74) is 1.51. The molecule has 0 unspecified atom stereocenters. The van der Waals surface area contributed by atoms with Gasteiger partial charge in [0.15, 0.2) is 5.76 Å². The SMILES string of the molecule is O=C(NC1CCCCC1)c1cncc(N2CCN(C(=O)c3ccco3)CC2)c1. The molecular weight excluding hydrogens is 356 g/mol. The van der Waals surface area contributed by atoms with Crippen molar-refractivity contribution in [2.75, 3.05) is 31.1 Å². The van der Waals surface area contributed by atoms with E-state index in [1.54, 1.807) is 29.4 Å². The van der Waals surface area contributed by atoms with Crippen molar-refractivity contribution in [3.8, 4) is 0 Å². The Morgan fingerprint density at radius 2 is 1.86 bits per heavy atom. The number of anilines is 1. The van der Waals surface area contributed by atoms with Gasteiger partial charge in [0.1, 0.15) is 0 Å². The Morgan fingerprint density at radius 1 is 1.07 bits per heavy atom. The van der Waals surface area contributed by atoms with Gasteiger partial charge in [-0.1, -0.05) is 19.3 Å². The van der Waals surface area contributed by atoms with Crippen LogP contribution in [0.3, 0.4) is 0 Å². The molecule has 1 saturated heterocycles. The average molecular weight is 382 g/mol. The molecule has 4 rings (SSSR count). The van der Waals surface area contributed by atoms with Crippen molar-refractivity contribution in [1.82, 2.24) is 15.2 Å². The lowest BCUT2D eigenvalue weighted by Crippen LogP contribution is -2.48. The van der Waals surface area contributed by atoms with Crippen LogP contribution in [0.2, 0.25) is 0 Å². The maximum atomic E-state index is 12.6. The zero-order chi connectivity index (χ0) is 19.3. The van der Waals surface area contributed by atoms with Crippen LogP contribution in [0, 0.1) is 0 Å². The fourth-order valence-corrected chi connectivity index (χ4v) is 3.96. The number of hydrogen-bond donors (Lipinski definition) is 1. The van der Waals surface area contributed by atoms with Crippen molar-refractivity contribution in [2.45, 2.75) is 38.1 Å². The van der Waals surface area contributed by atoms with E-state index in [1.807, 2.05) is 6.07 Å². The first kappa shape index (κ1) is 18.5. The number of rotatable bonds is 4. The second-order valence-corrected chi connectivity index (χ2v) is 7.50. The Labute approximate surface area is 164 Å². The van der Waals surface area contributed by atoms with Crippen LogP contribution in [-0.4, -0.2) is 53.9 Å². The van der Waals surface area contributed by atoms with E-state index in [0.29, 0.717) is 37.5 Å². The molecule has 28 heavy (non-hydrogen) atoms. The maximum Gasteiger partial charge on any atom is 0.289 e. The van der Waals surface area contributed by atoms with Gasteiger partial charge in [-0.25, -0.2) is 0 Å². The Bertz CT molecular complexity index is 807. The average Bonchev–Trinajstić information content (AvgIpc) is 3.29. The molecule has 1 saturated carbocycles. The van der Waals surface area contributed by atoms with Crippen LogP contribution in [0.5, 0.6) is 0 Å². The molecule has 1 N–H and O–H groups in total. The number of piperazine rings is 1. The molecule has 0 atom stereocenters. The normalized spacial score (nSPS) is 18.1. The Morgan fingerprint density at radius 3 is 2.57 bits per heavy atom. The standard InChI is InChI=1S/C21H26N4O3/c26-20(23-17-5-2-1-3-6-17)16-13-18(15-22-14-16)24-8-10-25(11-9-24)21(27)19-7-4-12-28-19/h4,7,12-15,17H,1-3,5-6,8-11H2,(H,23,26). The van der Waals surface area contributed by atoms with Crippen LogP contribution in [0.4, 0.5) is 5.69 Å². The third kappa shape index (κ3) is 4.18. The lowest BCUT2D eigenvalue weighted by atomic mass is 9.95. The predicted molar refractivity (Wildman–Crippen MR) is 105 cm³/mol. The quantitative estimate of drug-likeness (QED) is 0.880. The molecular formula is C21H26N4O3. The number of furan rings is 1. The molecule has 2 aromatic heterocycles. The van der Waals surface area contributed by atoms with Crippen molar-refractivity contribution >= 4 is 17.5 Å². The largest absolute Gasteiger partial charge is 0.459 e. The van der Waals surface area contributed by atoms with E-state index in [0.717, 1.165) is 18.5 Å². The Hall–Kier alpha value is -2.83. The van der Waals surface area contributed by atoms with Crippen molar-refractivity contribution in [3.05, 3.63) is 48.2 Å². The fraction of sp³-hybridized carbons (Fsp3) is 0.476. The second kappa shape index (κ2) is 8.46. The van der Waals surface area contributed by atoms with Gasteiger partial charge in [-0.15, -0.1) is 0 Å². The summed E-state index contributed by atoms with van der Waals surface area (Å²) >= 11 is 0. The van der Waals surface area contributed by atoms with Crippen LogP contribution in [0.1, 0.15) is 53.0 Å². The van der Waals surface area contributed by atoms with Crippen LogP contribution >= 0.6 is 0 Å². The second-order valence-electron chi connectivity index (χ2n) is 7.50. The topological polar surface area (TPSA) is 78.7 Å². The van der Waals surface area contributed by atoms with E-state index in [9.17, 15) is 9.59 Å². The summed E-state index contributed by atoms with van der Waals surface area (Å²) < 4.78 is 5.21. The summed E-state index contributed by atoms with van der Waals surface area (Å²) in [5, 5.41) is 3.14. The summed E-state index contributed by atoms with van der Waals surface area (Å²) in [6.45, 7) is 2.61. The van der Waals surface area contributed by atoms with Gasteiger partial charge in [0, 0.05) is 38.4 Å². The number of carbonyl (C=O) groups excluding carboxylic acids is 2. The molecule has 0 aromatic carbocycles. The van der Waals surface area contributed by atoms with Crippen molar-refractivity contribution < 1.29 is 14.0 Å². The summed E-state index contributed by atoms with van der Waals surface area (Å²) in [7, 11) is 0. The number of nitrogens with zero attached hydrogens (tertiary/aromatic N) is 3. The van der Waals surface area contributed by atoms with Gasteiger partial charge in [0.05, 0.1) is 23.7 Å². The number of nitrogens with one attached hydrogen (secondary N) is 1. The summed E-state index contributed by atoms with van der Waals surface area (Å²) in [6.07, 6.45) is 10.7. The number of carbonyl (C=O) groups is 2. The van der Waals surface area contributed by atoms with Crippen LogP contribution in [-0.2, 0) is 0 Å². The van der Waals surface area contributed by atoms with E-state index < -0.39 is 0 Å². The third-order valence-electron chi connectivity index (χ3n) is 5.59. The minimum atomic E-state index is -0.0802. The van der Waals surface area contributed by atoms with Crippen molar-refractivity contribution in [2.24, 2.45) is 0 Å². The van der Waals surface area contributed by atoms with Gasteiger partial charge >= 0.3 is 0 Å². The van der Waals surface area contributed by atoms with Crippen LogP contribution in [0.25, 0.3) is 0 Å². The van der Waals surface area contributed by atoms with Crippen LogP contribution < -0.4 is 10.2 Å². The number of hydrogen-bond acceptors (Lipinski definition) is 5. The Balaban J connectivity index is 1.35. The maximum absolute atomic E-state index is 12.6. The fourth-order valence-electron chi connectivity index (χ4n) is 3.96. The van der Waals surface area contributed by atoms with Gasteiger partial charge in [-0.05, 0) is 31.0 Å². The number of amides is 2. The predicted octanol–water partition coefficient (Wildman–Crippen LogP) is 2.70. The molecule has 0 bridgehead atoms. The lowest BCUT2D eigenvalue weighted by Gasteiger charge is -2.35. The van der Waals surface area contributed by atoms with Gasteiger partial charge in [0.25, 0.3) is 11.8 Å². The number of aromatic nitrogens is 1. The summed E-state index contributed by atoms with van der Waals surface area (Å²) in [6, 6.07) is 5.59. The van der Waals surface area contributed by atoms with Gasteiger partial charge in [0.2, 0.25) is 0 Å². The van der Waals surface area contributed by atoms with Crippen molar-refractivity contribution in [1.29, 1.82) is 0 Å². The van der Waals surface area contributed by atoms with Crippen molar-refractivity contribution in [3.63, 3.8) is 0 Å². The number of pyridine rings is 1. The molecule has 0 spiro atoms. The minimum Gasteiger partial charge on any atom is -0.459 e. The molecule has 7 heteroatoms. The first-order valence-corrected chi connectivity index (χ1v) is 10.0. The smallest absolute Gasteiger partial charge is 0.289 e. The van der Waals surface area contributed by atoms with Gasteiger partial charge in [-0.3, -0.25) is 14.6 Å². The highest BCUT2D eigenvalue weighted by atomic mass is 16.3. The van der Waals surface area contributed by atoms with E-state index in [2.05, 4.69) is 15.2 Å². The van der Waals surface area contributed by atoms with E-state index in [-0.39, 0.29) is 17.9 Å². The monoisotopic (exact) mass is 382 g/mol. The molecule has 2 amide bonds. The highest BCUT2D eigenvalue weighted by Gasteiger charge is 2.24. The first-order chi connectivity index (χ1) is 13.7. The molecule has 1 aliphatic carbocycles. The van der Waals surface area contributed by atoms with E-state index in [4.69, 9.17) is 4.42 Å². The highest BCUT2D eigenvalue weighted by molar-refractivity contribution is 5.95. The third-order valence-corrected chi connectivity index (χ3v) is 5.59. The molecule has 7 nitrogen and oxygen atoms in total.